The van der Waals surface area contributed by atoms with E-state index in [0.29, 0.717) is 24.8 Å². The Morgan fingerprint density at radius 3 is 2.69 bits per heavy atom. The zero-order valence-corrected chi connectivity index (χ0v) is 19.8. The molecule has 4 N–H and O–H groups in total. The average Bonchev–Trinajstić information content (AvgIpc) is 3.32. The van der Waals surface area contributed by atoms with Gasteiger partial charge in [0.25, 0.3) is 16.1 Å². The van der Waals surface area contributed by atoms with Gasteiger partial charge in [-0.1, -0.05) is 35.5 Å². The summed E-state index contributed by atoms with van der Waals surface area (Å²) in [7, 11) is -2.44. The molecule has 1 aromatic heterocycles. The molecule has 0 bridgehead atoms. The highest BCUT2D eigenvalue weighted by atomic mass is 32.2. The van der Waals surface area contributed by atoms with Crippen LogP contribution in [0.1, 0.15) is 36.7 Å². The van der Waals surface area contributed by atoms with E-state index >= 15 is 0 Å². The Labute approximate surface area is 202 Å². The highest BCUT2D eigenvalue weighted by molar-refractivity contribution is 7.87. The van der Waals surface area contributed by atoms with Crippen molar-refractivity contribution in [2.45, 2.75) is 31.9 Å². The van der Waals surface area contributed by atoms with Crippen LogP contribution in [0.3, 0.4) is 0 Å². The maximum atomic E-state index is 13.7. The molecule has 0 saturated carbocycles. The summed E-state index contributed by atoms with van der Waals surface area (Å²) in [6.07, 6.45) is 0.628. The number of unbranched alkanes of at least 4 members (excludes halogenated alkanes) is 1. The Kier molecular flexibility index (Phi) is 9.11. The molecule has 0 aliphatic carbocycles. The lowest BCUT2D eigenvalue weighted by Gasteiger charge is -2.15. The van der Waals surface area contributed by atoms with Crippen molar-refractivity contribution < 1.29 is 31.6 Å². The molecule has 188 valence electrons. The Bertz CT molecular complexity index is 1220. The van der Waals surface area contributed by atoms with E-state index in [4.69, 9.17) is 19.1 Å². The van der Waals surface area contributed by atoms with Crippen LogP contribution in [0.15, 0.2) is 53.1 Å². The number of rotatable bonds is 12. The second-order valence-corrected chi connectivity index (χ2v) is 8.88. The van der Waals surface area contributed by atoms with E-state index < -0.39 is 28.2 Å². The largest absolute Gasteiger partial charge is 0.494 e. The number of benzene rings is 2. The molecular formula is C22H26FN5O6S. The van der Waals surface area contributed by atoms with Crippen LogP contribution >= 0.6 is 0 Å². The summed E-state index contributed by atoms with van der Waals surface area (Å²) in [5.74, 6) is -0.230. The quantitative estimate of drug-likeness (QED) is 0.316. The molecule has 1 heterocycles. The first kappa shape index (κ1) is 26.1. The van der Waals surface area contributed by atoms with Crippen molar-refractivity contribution in [3.05, 3.63) is 65.7 Å². The molecule has 0 radical (unpaired) electrons. The van der Waals surface area contributed by atoms with Crippen molar-refractivity contribution in [1.29, 1.82) is 0 Å². The summed E-state index contributed by atoms with van der Waals surface area (Å²) in [6, 6.07) is 12.6. The first-order chi connectivity index (χ1) is 16.7. The Morgan fingerprint density at radius 1 is 1.20 bits per heavy atom. The van der Waals surface area contributed by atoms with Crippen LogP contribution in [0.2, 0.25) is 0 Å². The normalized spacial score (nSPS) is 12.2. The fraction of sp³-hybridized carbons (Fsp3) is 0.318. The van der Waals surface area contributed by atoms with Gasteiger partial charge in [0.05, 0.1) is 13.2 Å². The first-order valence-corrected chi connectivity index (χ1v) is 12.2. The third-order valence-corrected chi connectivity index (χ3v) is 5.49. The molecule has 35 heavy (non-hydrogen) atoms. The number of alkyl carbamates (subject to hydrolysis) is 1. The van der Waals surface area contributed by atoms with Gasteiger partial charge in [0.1, 0.15) is 6.61 Å². The lowest BCUT2D eigenvalue weighted by molar-refractivity contribution is 0.134. The summed E-state index contributed by atoms with van der Waals surface area (Å²) < 4.78 is 53.5. The SMILES string of the molecule is COc1cc(-c2nc([C@H](CCCCNS(N)(=O)=O)NC(=O)OCc3ccccc3)no2)ccc1F. The van der Waals surface area contributed by atoms with E-state index in [-0.39, 0.29) is 30.6 Å². The molecule has 3 rings (SSSR count). The van der Waals surface area contributed by atoms with Crippen LogP contribution in [-0.4, -0.2) is 38.3 Å². The smallest absolute Gasteiger partial charge is 0.408 e. The molecule has 1 atom stereocenters. The molecule has 0 aliphatic heterocycles. The zero-order valence-electron chi connectivity index (χ0n) is 18.9. The van der Waals surface area contributed by atoms with Crippen molar-refractivity contribution in [3.8, 4) is 17.2 Å². The van der Waals surface area contributed by atoms with E-state index in [9.17, 15) is 17.6 Å². The molecule has 2 aromatic carbocycles. The van der Waals surface area contributed by atoms with Crippen LogP contribution in [0.25, 0.3) is 11.5 Å². The molecule has 0 saturated heterocycles. The third kappa shape index (κ3) is 8.31. The van der Waals surface area contributed by atoms with Gasteiger partial charge in [-0.05, 0) is 43.0 Å². The van der Waals surface area contributed by atoms with Gasteiger partial charge in [-0.3, -0.25) is 0 Å². The van der Waals surface area contributed by atoms with Gasteiger partial charge >= 0.3 is 6.09 Å². The molecule has 0 aliphatic rings. The van der Waals surface area contributed by atoms with Crippen molar-refractivity contribution in [1.82, 2.24) is 20.2 Å². The molecule has 0 unspecified atom stereocenters. The predicted molar refractivity (Wildman–Crippen MR) is 124 cm³/mol. The maximum Gasteiger partial charge on any atom is 0.408 e. The fourth-order valence-corrected chi connectivity index (χ4v) is 3.58. The minimum atomic E-state index is -3.78. The van der Waals surface area contributed by atoms with Crippen LogP contribution in [0.4, 0.5) is 9.18 Å². The van der Waals surface area contributed by atoms with Gasteiger partial charge < -0.3 is 19.3 Å². The van der Waals surface area contributed by atoms with Gasteiger partial charge in [-0.25, -0.2) is 19.0 Å². The number of hydrogen-bond acceptors (Lipinski definition) is 8. The number of hydrogen-bond donors (Lipinski definition) is 3. The van der Waals surface area contributed by atoms with Gasteiger partial charge in [-0.15, -0.1) is 0 Å². The van der Waals surface area contributed by atoms with E-state index in [1.165, 1.54) is 25.3 Å². The van der Waals surface area contributed by atoms with Crippen molar-refractivity contribution >= 4 is 16.3 Å². The minimum Gasteiger partial charge on any atom is -0.494 e. The lowest BCUT2D eigenvalue weighted by Crippen LogP contribution is -2.32. The van der Waals surface area contributed by atoms with Crippen molar-refractivity contribution in [2.75, 3.05) is 13.7 Å². The van der Waals surface area contributed by atoms with E-state index in [2.05, 4.69) is 20.2 Å². The maximum absolute atomic E-state index is 13.7. The highest BCUT2D eigenvalue weighted by Crippen LogP contribution is 2.27. The summed E-state index contributed by atoms with van der Waals surface area (Å²) in [6.45, 7) is 0.210. The number of amides is 1. The molecule has 0 spiro atoms. The number of methoxy groups -OCH3 is 1. The monoisotopic (exact) mass is 507 g/mol. The summed E-state index contributed by atoms with van der Waals surface area (Å²) in [4.78, 5) is 16.8. The van der Waals surface area contributed by atoms with Crippen molar-refractivity contribution in [3.63, 3.8) is 0 Å². The number of nitrogens with zero attached hydrogens (tertiary/aromatic N) is 2. The Morgan fingerprint density at radius 2 is 1.97 bits per heavy atom. The summed E-state index contributed by atoms with van der Waals surface area (Å²) in [5, 5.41) is 11.6. The lowest BCUT2D eigenvalue weighted by atomic mass is 10.1. The number of ether oxygens (including phenoxy) is 2. The number of nitrogens with one attached hydrogen (secondary N) is 2. The number of carbonyl (C=O) groups is 1. The average molecular weight is 508 g/mol. The number of nitrogens with two attached hydrogens (primary N) is 1. The van der Waals surface area contributed by atoms with E-state index in [0.717, 1.165) is 5.56 Å². The minimum absolute atomic E-state index is 0.0174. The molecule has 11 nitrogen and oxygen atoms in total. The summed E-state index contributed by atoms with van der Waals surface area (Å²) >= 11 is 0. The molecule has 1 amide bonds. The fourth-order valence-electron chi connectivity index (χ4n) is 3.15. The van der Waals surface area contributed by atoms with Gasteiger partial charge in [0.2, 0.25) is 0 Å². The second kappa shape index (κ2) is 12.2. The van der Waals surface area contributed by atoms with Gasteiger partial charge in [0, 0.05) is 12.1 Å². The Hall–Kier alpha value is -3.55. The van der Waals surface area contributed by atoms with Gasteiger partial charge in [-0.2, -0.15) is 13.4 Å². The van der Waals surface area contributed by atoms with E-state index in [1.54, 1.807) is 0 Å². The van der Waals surface area contributed by atoms with Crippen molar-refractivity contribution in [2.24, 2.45) is 5.14 Å². The number of aromatic nitrogens is 2. The van der Waals surface area contributed by atoms with E-state index in [1.807, 2.05) is 30.3 Å². The molecule has 3 aromatic rings. The van der Waals surface area contributed by atoms with Gasteiger partial charge in [0.15, 0.2) is 17.4 Å². The van der Waals surface area contributed by atoms with Crippen LogP contribution in [0, 0.1) is 5.82 Å². The Balaban J connectivity index is 1.68. The van der Waals surface area contributed by atoms with Crippen LogP contribution in [0.5, 0.6) is 5.75 Å². The highest BCUT2D eigenvalue weighted by Gasteiger charge is 2.22. The molecule has 0 fully saturated rings. The summed E-state index contributed by atoms with van der Waals surface area (Å²) in [5.41, 5.74) is 1.25. The molecule has 13 heteroatoms. The third-order valence-electron chi connectivity index (χ3n) is 4.88. The topological polar surface area (TPSA) is 159 Å². The van der Waals surface area contributed by atoms with Crippen LogP contribution in [-0.2, 0) is 21.6 Å². The van der Waals surface area contributed by atoms with Crippen LogP contribution < -0.4 is 19.9 Å². The number of halogens is 1. The standard InChI is InChI=1S/C22H26FN5O6S/c1-32-19-13-16(10-11-17(19)23)21-27-20(28-34-21)18(9-5-6-12-25-35(24,30)31)26-22(29)33-14-15-7-3-2-4-8-15/h2-4,7-8,10-11,13,18,25H,5-6,9,12,14H2,1H3,(H,26,29)(H2,24,30,31)/t18-/m0/s1. The second-order valence-electron chi connectivity index (χ2n) is 7.50. The molecular weight excluding hydrogens is 481 g/mol. The number of carbonyl (C=O) groups excluding carboxylic acids is 1. The predicted octanol–water partition coefficient (Wildman–Crippen LogP) is 2.82. The zero-order chi connectivity index (χ0) is 25.3. The first-order valence-electron chi connectivity index (χ1n) is 10.7.